The molecule has 6 saturated heterocycles. The van der Waals surface area contributed by atoms with Gasteiger partial charge < -0.3 is 68.8 Å². The van der Waals surface area contributed by atoms with Gasteiger partial charge in [-0.2, -0.15) is 0 Å². The summed E-state index contributed by atoms with van der Waals surface area (Å²) in [6.45, 7) is 17.2. The van der Waals surface area contributed by atoms with E-state index in [2.05, 4.69) is 159 Å². The van der Waals surface area contributed by atoms with Crippen molar-refractivity contribution in [2.24, 2.45) is 5.92 Å². The predicted molar refractivity (Wildman–Crippen MR) is 498 cm³/mol. The van der Waals surface area contributed by atoms with E-state index in [4.69, 9.17) is 27.1 Å². The molecule has 10 aromatic rings. The van der Waals surface area contributed by atoms with E-state index in [-0.39, 0.29) is 89.2 Å². The van der Waals surface area contributed by atoms with Crippen molar-refractivity contribution in [3.63, 3.8) is 0 Å². The molecule has 24 rings (SSSR count). The molecule has 32 heteroatoms. The third kappa shape index (κ3) is 24.5. The Bertz CT molecular complexity index is 5730. The average molecular weight is 1840 g/mol. The molecule has 14 aliphatic rings. The van der Waals surface area contributed by atoms with E-state index in [1.54, 1.807) is 34.1 Å². The lowest BCUT2D eigenvalue weighted by Gasteiger charge is -2.24. The van der Waals surface area contributed by atoms with Crippen molar-refractivity contribution in [2.75, 3.05) is 57.3 Å². The van der Waals surface area contributed by atoms with Crippen LogP contribution in [-0.2, 0) is 22.7 Å². The lowest BCUT2D eigenvalue weighted by atomic mass is 10.1. The zero-order valence-electron chi connectivity index (χ0n) is 77.4. The highest BCUT2D eigenvalue weighted by molar-refractivity contribution is 5.99. The summed E-state index contributed by atoms with van der Waals surface area (Å²) in [4.78, 5) is 111. The van der Waals surface area contributed by atoms with Crippen LogP contribution in [-0.4, -0.2) is 215 Å². The minimum Gasteiger partial charge on any atom is -0.360 e. The quantitative estimate of drug-likeness (QED) is 0.0278. The van der Waals surface area contributed by atoms with Crippen LogP contribution in [0.2, 0.25) is 0 Å². The van der Waals surface area contributed by atoms with Crippen molar-refractivity contribution < 1.29 is 65.5 Å². The lowest BCUT2D eigenvalue weighted by Crippen LogP contribution is -2.40. The van der Waals surface area contributed by atoms with Gasteiger partial charge in [0, 0.05) is 210 Å². The largest absolute Gasteiger partial charge is 0.360 e. The zero-order valence-corrected chi connectivity index (χ0v) is 77.4. The molecule has 6 aromatic heterocycles. The Labute approximate surface area is 785 Å². The van der Waals surface area contributed by atoms with Crippen molar-refractivity contribution in [2.45, 2.75) is 278 Å². The molecule has 10 unspecified atom stereocenters. The summed E-state index contributed by atoms with van der Waals surface area (Å²) >= 11 is 0. The SMILES string of the molecule is CC(c1ccccc1)N1CCC(NC(=O)c2cc(C3CC3)on2)C1.CC1CC(NC(=O)c2cc(C3CC3)on2)CN1C1CC1.CC1CC(NC(=O)c2cc(C3CC3)on2)CN1Cc1ccccc1.CC1CN(C2CC2)CC1NC(=O)c1cc(C2CC2)on1.O=C(NC1CC(=O)N(Cc2ccccc2)C1)c1cc(C2CC2)on1.O=C(NC1CC(=O)N(c2ccccc2)C1)c1cc(C2CC2)on1. The van der Waals surface area contributed by atoms with Crippen LogP contribution in [0.25, 0.3) is 0 Å². The molecule has 8 amide bonds. The summed E-state index contributed by atoms with van der Waals surface area (Å²) in [6.07, 6.45) is 22.5. The lowest BCUT2D eigenvalue weighted by molar-refractivity contribution is -0.128. The molecule has 8 saturated carbocycles. The van der Waals surface area contributed by atoms with Crippen molar-refractivity contribution in [3.8, 4) is 0 Å². The zero-order chi connectivity index (χ0) is 92.7. The van der Waals surface area contributed by atoms with Gasteiger partial charge in [-0.3, -0.25) is 58.0 Å². The molecule has 710 valence electrons. The molecular formula is C103H124N18O14. The maximum absolute atomic E-state index is 12.4. The topological polar surface area (TPSA) is 384 Å². The van der Waals surface area contributed by atoms with Crippen LogP contribution in [0.1, 0.15) is 318 Å². The summed E-state index contributed by atoms with van der Waals surface area (Å²) < 4.78 is 31.4. The summed E-state index contributed by atoms with van der Waals surface area (Å²) in [7, 11) is 0. The molecule has 10 atom stereocenters. The third-order valence-electron chi connectivity index (χ3n) is 28.4. The van der Waals surface area contributed by atoms with Gasteiger partial charge in [0.05, 0.1) is 12.1 Å². The van der Waals surface area contributed by atoms with Gasteiger partial charge in [-0.15, -0.1) is 0 Å². The van der Waals surface area contributed by atoms with Crippen molar-refractivity contribution in [3.05, 3.63) is 243 Å². The Hall–Kier alpha value is -12.3. The highest BCUT2D eigenvalue weighted by atomic mass is 16.5. The van der Waals surface area contributed by atoms with E-state index in [9.17, 15) is 38.4 Å². The van der Waals surface area contributed by atoms with Crippen LogP contribution in [0, 0.1) is 5.92 Å². The maximum atomic E-state index is 12.4. The third-order valence-corrected chi connectivity index (χ3v) is 28.4. The van der Waals surface area contributed by atoms with Gasteiger partial charge in [0.1, 0.15) is 34.6 Å². The second kappa shape index (κ2) is 41.5. The number of para-hydroxylation sites is 1. The van der Waals surface area contributed by atoms with Crippen LogP contribution in [0.3, 0.4) is 0 Å². The van der Waals surface area contributed by atoms with Crippen LogP contribution in [0.4, 0.5) is 5.69 Å². The van der Waals surface area contributed by atoms with Gasteiger partial charge in [-0.25, -0.2) is 0 Å². The van der Waals surface area contributed by atoms with E-state index in [0.717, 1.165) is 200 Å². The van der Waals surface area contributed by atoms with Crippen LogP contribution in [0.5, 0.6) is 0 Å². The number of benzene rings is 4. The van der Waals surface area contributed by atoms with E-state index in [0.29, 0.717) is 120 Å². The Morgan fingerprint density at radius 3 is 1.16 bits per heavy atom. The first kappa shape index (κ1) is 91.8. The highest BCUT2D eigenvalue weighted by Gasteiger charge is 2.44. The molecule has 4 aromatic carbocycles. The smallest absolute Gasteiger partial charge is 0.273 e. The van der Waals surface area contributed by atoms with Crippen LogP contribution in [0.15, 0.2) is 185 Å². The number of amides is 8. The van der Waals surface area contributed by atoms with Crippen molar-refractivity contribution >= 4 is 52.9 Å². The summed E-state index contributed by atoms with van der Waals surface area (Å²) in [6, 6.07) is 54.3. The molecule has 135 heavy (non-hydrogen) atoms. The monoisotopic (exact) mass is 1840 g/mol. The number of anilines is 1. The van der Waals surface area contributed by atoms with Crippen LogP contribution < -0.4 is 36.8 Å². The molecule has 32 nitrogen and oxygen atoms in total. The number of nitrogens with one attached hydrogen (secondary N) is 6. The van der Waals surface area contributed by atoms with Gasteiger partial charge in [-0.1, -0.05) is 147 Å². The fourth-order valence-corrected chi connectivity index (χ4v) is 19.2. The van der Waals surface area contributed by atoms with E-state index in [1.807, 2.05) is 84.9 Å². The van der Waals surface area contributed by atoms with Gasteiger partial charge in [0.2, 0.25) is 11.8 Å². The number of carbonyl (C=O) groups is 8. The maximum Gasteiger partial charge on any atom is 0.273 e. The predicted octanol–water partition coefficient (Wildman–Crippen LogP) is 13.9. The second-order valence-corrected chi connectivity index (χ2v) is 39.8. The Morgan fingerprint density at radius 2 is 0.733 bits per heavy atom. The molecule has 0 bridgehead atoms. The Kier molecular flexibility index (Phi) is 28.2. The van der Waals surface area contributed by atoms with E-state index >= 15 is 0 Å². The summed E-state index contributed by atoms with van der Waals surface area (Å²) in [5.74, 6) is 7.42. The van der Waals surface area contributed by atoms with Crippen LogP contribution >= 0.6 is 0 Å². The molecular weight excluding hydrogens is 1710 g/mol. The molecule has 6 aliphatic heterocycles. The number of likely N-dealkylation sites (tertiary alicyclic amines) is 5. The first-order valence-corrected chi connectivity index (χ1v) is 49.1. The molecule has 12 heterocycles. The number of rotatable bonds is 27. The summed E-state index contributed by atoms with van der Waals surface area (Å²) in [5, 5.41) is 41.5. The van der Waals surface area contributed by atoms with Gasteiger partial charge in [-0.05, 0) is 178 Å². The van der Waals surface area contributed by atoms with E-state index in [1.165, 1.54) is 36.8 Å². The fourth-order valence-electron chi connectivity index (χ4n) is 19.2. The van der Waals surface area contributed by atoms with E-state index < -0.39 is 0 Å². The molecule has 14 fully saturated rings. The number of carbonyl (C=O) groups excluding carboxylic acids is 8. The first-order chi connectivity index (χ1) is 65.7. The number of hydrogen-bond acceptors (Lipinski definition) is 24. The van der Waals surface area contributed by atoms with Gasteiger partial charge in [0.25, 0.3) is 35.4 Å². The van der Waals surface area contributed by atoms with Crippen molar-refractivity contribution in [1.29, 1.82) is 0 Å². The molecule has 0 spiro atoms. The number of nitrogens with zero attached hydrogens (tertiary/aromatic N) is 12. The minimum absolute atomic E-state index is 0.0142. The first-order valence-electron chi connectivity index (χ1n) is 49.1. The molecule has 6 N–H and O–H groups in total. The second-order valence-electron chi connectivity index (χ2n) is 39.8. The minimum atomic E-state index is -0.284. The standard InChI is InChI=1S/2C19H23N3O2.C18H19N3O3.C17H17N3O3.2C15H21N3O2/c1-13-9-16(12-22(13)11-14-5-3-2-4-6-14)20-19(23)17-10-18(24-21-17)15-7-8-15;1-13(14-5-3-2-4-6-14)22-10-9-16(12-22)20-19(23)17-11-18(24-21-17)15-7-8-15;22-17-8-14(11-21(17)10-12-4-2-1-3-5-12)19-18(23)15-9-16(24-20-15)13-6-7-13;21-16-8-12(10-20(16)13-4-2-1-3-5-13)18-17(22)14-9-15(23-19-14)11-6-7-11;1-9-7-18(11-4-5-11)8-13(9)16-15(19)12-6-14(20-17-12)10-2-3-10;1-9-6-11(8-18(9)12-4-5-12)16-15(19)13-7-14(20-17-13)10-2-3-10/h2-6,10,13,15-16H,7-9,11-12H2,1H3,(H,20,23);2-6,11,13,15-16H,7-10,12H2,1H3,(H,20,23);1-5,9,13-14H,6-8,10-11H2,(H,19,23);1-5,9,11-12H,6-8,10H2,(H,18,22);6,9-11,13H,2-5,7-8H2,1H3,(H,16,19);7,9-12H,2-6,8H2,1H3,(H,16,19). The molecule has 8 aliphatic carbocycles. The Morgan fingerprint density at radius 1 is 0.363 bits per heavy atom. The fraction of sp³-hybridized carbons (Fsp3) is 0.515. The highest BCUT2D eigenvalue weighted by Crippen LogP contribution is 2.45. The number of aromatic nitrogens is 6. The van der Waals surface area contributed by atoms with Gasteiger partial charge >= 0.3 is 0 Å². The van der Waals surface area contributed by atoms with Crippen molar-refractivity contribution in [1.82, 2.24) is 87.3 Å². The Balaban J connectivity index is 0.000000104. The summed E-state index contributed by atoms with van der Waals surface area (Å²) in [5.41, 5.74) is 6.83. The average Bonchev–Trinajstić information content (AvgIpc) is 1.67. The number of hydrogen-bond donors (Lipinski definition) is 6. The van der Waals surface area contributed by atoms with Gasteiger partial charge in [0.15, 0.2) is 34.2 Å². The normalized spacial score (nSPS) is 24.5. The molecule has 0 radical (unpaired) electrons.